The molecule has 12 heavy (non-hydrogen) atoms. The minimum Gasteiger partial charge on any atom is -0.383 e. The van der Waals surface area contributed by atoms with E-state index in [9.17, 15) is 0 Å². The van der Waals surface area contributed by atoms with Gasteiger partial charge in [0.1, 0.15) is 5.01 Å². The fourth-order valence-corrected chi connectivity index (χ4v) is 2.38. The highest BCUT2D eigenvalue weighted by Gasteiger charge is 2.12. The lowest BCUT2D eigenvalue weighted by atomic mass is 10.4. The molecular formula is C8H12BrNOS. The van der Waals surface area contributed by atoms with Crippen LogP contribution >= 0.6 is 27.3 Å². The number of hydrogen-bond donors (Lipinski definition) is 0. The highest BCUT2D eigenvalue weighted by Crippen LogP contribution is 2.28. The predicted octanol–water partition coefficient (Wildman–Crippen LogP) is 2.84. The first-order valence-electron chi connectivity index (χ1n) is 3.72. The molecule has 0 aliphatic carbocycles. The van der Waals surface area contributed by atoms with Crippen LogP contribution in [0.2, 0.25) is 0 Å². The number of methoxy groups -OCH3 is 1. The van der Waals surface area contributed by atoms with Gasteiger partial charge in [-0.05, 0) is 13.8 Å². The van der Waals surface area contributed by atoms with Crippen LogP contribution in [-0.2, 0) is 4.74 Å². The smallest absolute Gasteiger partial charge is 0.109 e. The lowest BCUT2D eigenvalue weighted by Gasteiger charge is -2.02. The fourth-order valence-electron chi connectivity index (χ4n) is 0.849. The summed E-state index contributed by atoms with van der Waals surface area (Å²) < 4.78 is 5.03. The van der Waals surface area contributed by atoms with Crippen molar-refractivity contribution in [1.82, 2.24) is 4.98 Å². The molecule has 4 heteroatoms. The normalized spacial score (nSPS) is 13.3. The molecule has 1 aromatic rings. The van der Waals surface area contributed by atoms with Crippen LogP contribution in [0.15, 0.2) is 0 Å². The molecular weight excluding hydrogens is 238 g/mol. The van der Waals surface area contributed by atoms with E-state index in [1.54, 1.807) is 18.4 Å². The molecule has 1 rings (SSSR count). The molecule has 0 bridgehead atoms. The summed E-state index contributed by atoms with van der Waals surface area (Å²) in [6.45, 7) is 4.79. The standard InChI is InChI=1S/C8H12BrNOS/c1-5-6(2)12-8(10-5)7(9)4-11-3/h7H,4H2,1-3H3. The first-order valence-corrected chi connectivity index (χ1v) is 5.45. The molecule has 1 aromatic heterocycles. The molecule has 0 amide bonds. The summed E-state index contributed by atoms with van der Waals surface area (Å²) in [5.74, 6) is 0. The molecule has 0 radical (unpaired) electrons. The van der Waals surface area contributed by atoms with E-state index in [-0.39, 0.29) is 4.83 Å². The van der Waals surface area contributed by atoms with Gasteiger partial charge in [-0.25, -0.2) is 4.98 Å². The maximum Gasteiger partial charge on any atom is 0.109 e. The van der Waals surface area contributed by atoms with Crippen LogP contribution in [0.4, 0.5) is 0 Å². The Hall–Kier alpha value is 0.0700. The molecule has 0 aliphatic heterocycles. The van der Waals surface area contributed by atoms with Crippen LogP contribution in [0.25, 0.3) is 0 Å². The number of hydrogen-bond acceptors (Lipinski definition) is 3. The van der Waals surface area contributed by atoms with Crippen molar-refractivity contribution < 1.29 is 4.74 Å². The Morgan fingerprint density at radius 3 is 2.67 bits per heavy atom. The van der Waals surface area contributed by atoms with Gasteiger partial charge in [0.05, 0.1) is 17.1 Å². The van der Waals surface area contributed by atoms with Crippen molar-refractivity contribution in [3.05, 3.63) is 15.6 Å². The summed E-state index contributed by atoms with van der Waals surface area (Å²) in [7, 11) is 1.70. The highest BCUT2D eigenvalue weighted by molar-refractivity contribution is 9.09. The Labute approximate surface area is 85.1 Å². The van der Waals surface area contributed by atoms with Gasteiger partial charge in [0, 0.05) is 12.0 Å². The Kier molecular flexibility index (Phi) is 3.68. The van der Waals surface area contributed by atoms with Gasteiger partial charge >= 0.3 is 0 Å². The van der Waals surface area contributed by atoms with E-state index in [1.807, 2.05) is 6.92 Å². The molecule has 0 aliphatic rings. The number of alkyl halides is 1. The van der Waals surface area contributed by atoms with Gasteiger partial charge < -0.3 is 4.74 Å². The second-order valence-corrected chi connectivity index (χ2v) is 4.96. The van der Waals surface area contributed by atoms with E-state index >= 15 is 0 Å². The van der Waals surface area contributed by atoms with Crippen LogP contribution in [0.5, 0.6) is 0 Å². The average molecular weight is 250 g/mol. The number of nitrogens with zero attached hydrogens (tertiary/aromatic N) is 1. The molecule has 0 N–H and O–H groups in total. The quantitative estimate of drug-likeness (QED) is 0.769. The van der Waals surface area contributed by atoms with E-state index < -0.39 is 0 Å². The number of aromatic nitrogens is 1. The monoisotopic (exact) mass is 249 g/mol. The van der Waals surface area contributed by atoms with Crippen molar-refractivity contribution in [2.24, 2.45) is 0 Å². The van der Waals surface area contributed by atoms with E-state index in [0.717, 1.165) is 10.7 Å². The summed E-state index contributed by atoms with van der Waals surface area (Å²) in [6.07, 6.45) is 0. The van der Waals surface area contributed by atoms with Crippen LogP contribution in [0.1, 0.15) is 20.4 Å². The summed E-state index contributed by atoms with van der Waals surface area (Å²) >= 11 is 5.24. The van der Waals surface area contributed by atoms with Crippen LogP contribution in [-0.4, -0.2) is 18.7 Å². The Morgan fingerprint density at radius 1 is 1.58 bits per heavy atom. The number of halogens is 1. The maximum atomic E-state index is 5.03. The number of aryl methyl sites for hydroxylation is 2. The molecule has 2 nitrogen and oxygen atoms in total. The summed E-state index contributed by atoms with van der Waals surface area (Å²) in [6, 6.07) is 0. The minimum absolute atomic E-state index is 0.236. The molecule has 68 valence electrons. The van der Waals surface area contributed by atoms with Crippen molar-refractivity contribution in [2.75, 3.05) is 13.7 Å². The van der Waals surface area contributed by atoms with Gasteiger partial charge in [-0.3, -0.25) is 0 Å². The molecule has 1 atom stereocenters. The lowest BCUT2D eigenvalue weighted by molar-refractivity contribution is 0.201. The minimum atomic E-state index is 0.236. The third-order valence-electron chi connectivity index (χ3n) is 1.63. The molecule has 0 spiro atoms. The van der Waals surface area contributed by atoms with E-state index in [2.05, 4.69) is 27.8 Å². The average Bonchev–Trinajstić information content (AvgIpc) is 2.33. The van der Waals surface area contributed by atoms with Crippen molar-refractivity contribution in [3.8, 4) is 0 Å². The van der Waals surface area contributed by atoms with Crippen molar-refractivity contribution >= 4 is 27.3 Å². The second-order valence-electron chi connectivity index (χ2n) is 2.62. The van der Waals surface area contributed by atoms with E-state index in [4.69, 9.17) is 4.74 Å². The third-order valence-corrected chi connectivity index (χ3v) is 3.81. The zero-order valence-corrected chi connectivity index (χ0v) is 9.83. The van der Waals surface area contributed by atoms with Gasteiger partial charge in [0.25, 0.3) is 0 Å². The van der Waals surface area contributed by atoms with Gasteiger partial charge in [-0.15, -0.1) is 11.3 Å². The first kappa shape index (κ1) is 10.2. The SMILES string of the molecule is COCC(Br)c1nc(C)c(C)s1. The van der Waals surface area contributed by atoms with Gasteiger partial charge in [0.2, 0.25) is 0 Å². The Balaban J connectivity index is 2.74. The molecule has 1 unspecified atom stereocenters. The topological polar surface area (TPSA) is 22.1 Å². The molecule has 0 aromatic carbocycles. The van der Waals surface area contributed by atoms with Gasteiger partial charge in [0.15, 0.2) is 0 Å². The van der Waals surface area contributed by atoms with Crippen molar-refractivity contribution in [2.45, 2.75) is 18.7 Å². The third kappa shape index (κ3) is 2.28. The molecule has 0 fully saturated rings. The number of thiazole rings is 1. The number of ether oxygens (including phenoxy) is 1. The zero-order valence-electron chi connectivity index (χ0n) is 7.43. The first-order chi connectivity index (χ1) is 5.65. The Bertz CT molecular complexity index is 242. The second kappa shape index (κ2) is 4.35. The van der Waals surface area contributed by atoms with Crippen LogP contribution < -0.4 is 0 Å². The number of rotatable bonds is 3. The largest absolute Gasteiger partial charge is 0.383 e. The van der Waals surface area contributed by atoms with Crippen molar-refractivity contribution in [3.63, 3.8) is 0 Å². The van der Waals surface area contributed by atoms with Gasteiger partial charge in [-0.2, -0.15) is 0 Å². The van der Waals surface area contributed by atoms with E-state index in [0.29, 0.717) is 6.61 Å². The van der Waals surface area contributed by atoms with Gasteiger partial charge in [-0.1, -0.05) is 15.9 Å². The maximum absolute atomic E-state index is 5.03. The molecule has 1 heterocycles. The van der Waals surface area contributed by atoms with E-state index in [1.165, 1.54) is 4.88 Å². The van der Waals surface area contributed by atoms with Crippen LogP contribution in [0, 0.1) is 13.8 Å². The molecule has 0 saturated heterocycles. The summed E-state index contributed by atoms with van der Waals surface area (Å²) in [4.78, 5) is 5.94. The van der Waals surface area contributed by atoms with Crippen molar-refractivity contribution in [1.29, 1.82) is 0 Å². The predicted molar refractivity (Wildman–Crippen MR) is 55.1 cm³/mol. The zero-order chi connectivity index (χ0) is 9.14. The highest BCUT2D eigenvalue weighted by atomic mass is 79.9. The molecule has 0 saturated carbocycles. The Morgan fingerprint density at radius 2 is 2.25 bits per heavy atom. The lowest BCUT2D eigenvalue weighted by Crippen LogP contribution is -1.97. The summed E-state index contributed by atoms with van der Waals surface area (Å²) in [5, 5.41) is 1.10. The van der Waals surface area contributed by atoms with Crippen LogP contribution in [0.3, 0.4) is 0 Å². The summed E-state index contributed by atoms with van der Waals surface area (Å²) in [5.41, 5.74) is 1.12. The fraction of sp³-hybridized carbons (Fsp3) is 0.625.